The maximum Gasteiger partial charge on any atom is 0.104 e. The van der Waals surface area contributed by atoms with Crippen LogP contribution >= 0.6 is 0 Å². The normalized spacial score (nSPS) is 11.4. The highest BCUT2D eigenvalue weighted by atomic mass is 16.3. The molecule has 3 N–H and O–H groups in total. The Labute approximate surface area is 129 Å². The van der Waals surface area contributed by atoms with Crippen molar-refractivity contribution in [3.8, 4) is 11.1 Å². The minimum Gasteiger partial charge on any atom is -0.394 e. The van der Waals surface area contributed by atoms with E-state index in [0.717, 1.165) is 16.7 Å². The van der Waals surface area contributed by atoms with E-state index in [9.17, 15) is 15.1 Å². The van der Waals surface area contributed by atoms with Crippen LogP contribution in [0.2, 0.25) is 0 Å². The van der Waals surface area contributed by atoms with Crippen LogP contribution in [0.25, 0.3) is 11.1 Å². The quantitative estimate of drug-likeness (QED) is 0.651. The molecule has 0 aliphatic rings. The Morgan fingerprint density at radius 1 is 0.909 bits per heavy atom. The first-order chi connectivity index (χ1) is 10.7. The molecule has 0 spiro atoms. The van der Waals surface area contributed by atoms with Crippen molar-refractivity contribution in [3.63, 3.8) is 0 Å². The van der Waals surface area contributed by atoms with Crippen molar-refractivity contribution in [1.29, 1.82) is 0 Å². The summed E-state index contributed by atoms with van der Waals surface area (Å²) in [5.74, 6) is 0. The van der Waals surface area contributed by atoms with E-state index in [1.165, 1.54) is 0 Å². The van der Waals surface area contributed by atoms with Crippen LogP contribution in [0.15, 0.2) is 59.8 Å². The molecule has 0 aromatic heterocycles. The Morgan fingerprint density at radius 2 is 1.50 bits per heavy atom. The van der Waals surface area contributed by atoms with Crippen molar-refractivity contribution >= 4 is 0 Å². The highest BCUT2D eigenvalue weighted by Crippen LogP contribution is 2.19. The fraction of sp³-hybridized carbons (Fsp3) is 0.294. The van der Waals surface area contributed by atoms with Gasteiger partial charge in [-0.15, -0.1) is 0 Å². The lowest BCUT2D eigenvalue weighted by atomic mass is 10.0. The van der Waals surface area contributed by atoms with Crippen molar-refractivity contribution in [3.05, 3.63) is 65.1 Å². The maximum absolute atomic E-state index is 10.4. The van der Waals surface area contributed by atoms with Gasteiger partial charge in [0.25, 0.3) is 0 Å². The third-order valence-corrected chi connectivity index (χ3v) is 3.70. The summed E-state index contributed by atoms with van der Waals surface area (Å²) in [7, 11) is 0. The number of benzene rings is 2. The molecule has 2 rings (SSSR count). The molecule has 22 heavy (non-hydrogen) atoms. The predicted molar refractivity (Wildman–Crippen MR) is 86.3 cm³/mol. The number of aliphatic hydroxyl groups excluding tert-OH is 2. The standard InChI is InChI=1S/C17H20N2O3/c20-12-17(13-21,11-19-22)18-10-14-6-8-16(9-7-14)15-4-2-1-3-5-15/h1-9,18,20-21H,10-13H2. The van der Waals surface area contributed by atoms with Crippen LogP contribution in [0.5, 0.6) is 0 Å². The second-order valence-electron chi connectivity index (χ2n) is 5.30. The number of nitroso groups, excluding NO2 is 1. The molecule has 2 aromatic rings. The zero-order valence-corrected chi connectivity index (χ0v) is 12.3. The molecule has 0 aliphatic heterocycles. The highest BCUT2D eigenvalue weighted by molar-refractivity contribution is 5.63. The van der Waals surface area contributed by atoms with Crippen molar-refractivity contribution < 1.29 is 10.2 Å². The zero-order chi connectivity index (χ0) is 15.8. The Kier molecular flexibility index (Phi) is 5.77. The third kappa shape index (κ3) is 3.98. The summed E-state index contributed by atoms with van der Waals surface area (Å²) in [6.45, 7) is -0.442. The number of nitrogens with one attached hydrogen (secondary N) is 1. The van der Waals surface area contributed by atoms with E-state index in [1.807, 2.05) is 54.6 Å². The molecular formula is C17H20N2O3. The van der Waals surface area contributed by atoms with Crippen molar-refractivity contribution in [2.75, 3.05) is 19.8 Å². The number of aliphatic hydroxyl groups is 2. The molecule has 116 valence electrons. The molecule has 0 heterocycles. The van der Waals surface area contributed by atoms with E-state index in [1.54, 1.807) is 0 Å². The fourth-order valence-corrected chi connectivity index (χ4v) is 2.18. The average molecular weight is 300 g/mol. The van der Waals surface area contributed by atoms with Crippen LogP contribution in [-0.4, -0.2) is 35.5 Å². The number of hydrogen-bond acceptors (Lipinski definition) is 5. The Balaban J connectivity index is 2.04. The van der Waals surface area contributed by atoms with Gasteiger partial charge in [0.05, 0.1) is 18.8 Å². The summed E-state index contributed by atoms with van der Waals surface area (Å²) in [6, 6.07) is 18.0. The molecular weight excluding hydrogens is 280 g/mol. The van der Waals surface area contributed by atoms with Crippen molar-refractivity contribution in [1.82, 2.24) is 5.32 Å². The van der Waals surface area contributed by atoms with Gasteiger partial charge in [-0.3, -0.25) is 0 Å². The van der Waals surface area contributed by atoms with Gasteiger partial charge in [0, 0.05) is 6.54 Å². The van der Waals surface area contributed by atoms with Gasteiger partial charge in [0.2, 0.25) is 0 Å². The number of hydrogen-bond donors (Lipinski definition) is 3. The first kappa shape index (κ1) is 16.3. The molecule has 5 nitrogen and oxygen atoms in total. The van der Waals surface area contributed by atoms with E-state index in [2.05, 4.69) is 10.5 Å². The van der Waals surface area contributed by atoms with Gasteiger partial charge < -0.3 is 15.5 Å². The van der Waals surface area contributed by atoms with E-state index in [-0.39, 0.29) is 19.8 Å². The van der Waals surface area contributed by atoms with Crippen LogP contribution in [0.1, 0.15) is 5.56 Å². The Morgan fingerprint density at radius 3 is 2.05 bits per heavy atom. The first-order valence-corrected chi connectivity index (χ1v) is 7.13. The third-order valence-electron chi connectivity index (χ3n) is 3.70. The Hall–Kier alpha value is -2.08. The molecule has 0 atom stereocenters. The van der Waals surface area contributed by atoms with Gasteiger partial charge in [0.15, 0.2) is 0 Å². The van der Waals surface area contributed by atoms with Gasteiger partial charge in [-0.2, -0.15) is 4.91 Å². The smallest absolute Gasteiger partial charge is 0.104 e. The first-order valence-electron chi connectivity index (χ1n) is 7.13. The minimum atomic E-state index is -1.07. The van der Waals surface area contributed by atoms with Crippen LogP contribution in [-0.2, 0) is 6.54 Å². The average Bonchev–Trinajstić information content (AvgIpc) is 2.60. The molecule has 0 aliphatic carbocycles. The molecule has 0 fully saturated rings. The summed E-state index contributed by atoms with van der Waals surface area (Å²) in [4.78, 5) is 10.4. The molecule has 0 bridgehead atoms. The summed E-state index contributed by atoms with van der Waals surface area (Å²) >= 11 is 0. The fourth-order valence-electron chi connectivity index (χ4n) is 2.18. The van der Waals surface area contributed by atoms with E-state index in [0.29, 0.717) is 6.54 Å². The highest BCUT2D eigenvalue weighted by Gasteiger charge is 2.28. The van der Waals surface area contributed by atoms with Gasteiger partial charge in [0.1, 0.15) is 6.54 Å². The van der Waals surface area contributed by atoms with Gasteiger partial charge in [-0.25, -0.2) is 0 Å². The predicted octanol–water partition coefficient (Wildman–Crippen LogP) is 1.93. The SMILES string of the molecule is O=NCC(CO)(CO)NCc1ccc(-c2ccccc2)cc1. The summed E-state index contributed by atoms with van der Waals surface area (Å²) in [6.07, 6.45) is 0. The summed E-state index contributed by atoms with van der Waals surface area (Å²) in [5.41, 5.74) is 2.19. The molecule has 0 saturated carbocycles. The molecule has 2 aromatic carbocycles. The number of nitrogens with zero attached hydrogens (tertiary/aromatic N) is 1. The largest absolute Gasteiger partial charge is 0.394 e. The topological polar surface area (TPSA) is 81.9 Å². The lowest BCUT2D eigenvalue weighted by Gasteiger charge is -2.28. The summed E-state index contributed by atoms with van der Waals surface area (Å²) < 4.78 is 0. The molecule has 0 saturated heterocycles. The second kappa shape index (κ2) is 7.79. The van der Waals surface area contributed by atoms with Crippen LogP contribution in [0, 0.1) is 4.91 Å². The van der Waals surface area contributed by atoms with Crippen molar-refractivity contribution in [2.45, 2.75) is 12.1 Å². The van der Waals surface area contributed by atoms with E-state index in [4.69, 9.17) is 0 Å². The molecule has 5 heteroatoms. The lowest BCUT2D eigenvalue weighted by Crippen LogP contribution is -2.53. The van der Waals surface area contributed by atoms with Gasteiger partial charge >= 0.3 is 0 Å². The van der Waals surface area contributed by atoms with Gasteiger partial charge in [-0.1, -0.05) is 59.8 Å². The Bertz CT molecular complexity index is 581. The van der Waals surface area contributed by atoms with Crippen LogP contribution < -0.4 is 5.32 Å². The monoisotopic (exact) mass is 300 g/mol. The molecule has 0 radical (unpaired) electrons. The minimum absolute atomic E-state index is 0.178. The van der Waals surface area contributed by atoms with Crippen LogP contribution in [0.3, 0.4) is 0 Å². The molecule has 0 amide bonds. The van der Waals surface area contributed by atoms with E-state index < -0.39 is 5.54 Å². The van der Waals surface area contributed by atoms with E-state index >= 15 is 0 Å². The number of rotatable bonds is 8. The molecule has 0 unspecified atom stereocenters. The second-order valence-corrected chi connectivity index (χ2v) is 5.30. The van der Waals surface area contributed by atoms with Crippen molar-refractivity contribution in [2.24, 2.45) is 5.18 Å². The lowest BCUT2D eigenvalue weighted by molar-refractivity contribution is 0.0955. The zero-order valence-electron chi connectivity index (χ0n) is 12.3. The van der Waals surface area contributed by atoms with Crippen LogP contribution in [0.4, 0.5) is 0 Å². The van der Waals surface area contributed by atoms with Gasteiger partial charge in [-0.05, 0) is 16.7 Å². The summed E-state index contributed by atoms with van der Waals surface area (Å²) in [5, 5.41) is 24.5. The maximum atomic E-state index is 10.4.